The molecule has 1 unspecified atom stereocenters. The topological polar surface area (TPSA) is 78.9 Å². The molecule has 1 atom stereocenters. The number of ether oxygens (including phenoxy) is 3. The Morgan fingerprint density at radius 1 is 0.318 bits per heavy atom. The van der Waals surface area contributed by atoms with E-state index in [1.807, 2.05) is 97.2 Å². The first-order chi connectivity index (χ1) is 32.5. The van der Waals surface area contributed by atoms with Crippen LogP contribution in [0.3, 0.4) is 0 Å². The fourth-order valence-corrected chi connectivity index (χ4v) is 6.02. The van der Waals surface area contributed by atoms with Crippen molar-refractivity contribution in [2.24, 2.45) is 0 Å². The molecular weight excluding hydrogens is 817 g/mol. The fraction of sp³-hybridized carbons (Fsp3) is 0.483. The molecule has 0 saturated carbocycles. The van der Waals surface area contributed by atoms with Crippen molar-refractivity contribution in [2.75, 3.05) is 13.2 Å². The average Bonchev–Trinajstić information content (AvgIpc) is 3.31. The fourth-order valence-electron chi connectivity index (χ4n) is 6.02. The van der Waals surface area contributed by atoms with E-state index in [1.54, 1.807) is 0 Å². The normalized spacial score (nSPS) is 13.6. The number of hydrogen-bond acceptors (Lipinski definition) is 6. The van der Waals surface area contributed by atoms with Crippen LogP contribution in [0.1, 0.15) is 168 Å². The van der Waals surface area contributed by atoms with Gasteiger partial charge in [-0.15, -0.1) is 0 Å². The summed E-state index contributed by atoms with van der Waals surface area (Å²) >= 11 is 0. The Morgan fingerprint density at radius 2 is 0.591 bits per heavy atom. The van der Waals surface area contributed by atoms with Crippen LogP contribution in [0.25, 0.3) is 0 Å². The van der Waals surface area contributed by atoms with E-state index in [9.17, 15) is 14.4 Å². The lowest BCUT2D eigenvalue weighted by atomic mass is 10.1. The predicted octanol–water partition coefficient (Wildman–Crippen LogP) is 16.8. The van der Waals surface area contributed by atoms with Gasteiger partial charge in [-0.1, -0.05) is 236 Å². The summed E-state index contributed by atoms with van der Waals surface area (Å²) in [6.45, 7) is 6.18. The van der Waals surface area contributed by atoms with Crippen LogP contribution in [0.4, 0.5) is 0 Å². The monoisotopic (exact) mass is 905 g/mol. The van der Waals surface area contributed by atoms with Crippen molar-refractivity contribution in [3.8, 4) is 0 Å². The summed E-state index contributed by atoms with van der Waals surface area (Å²) in [6, 6.07) is 0. The minimum Gasteiger partial charge on any atom is -0.462 e. The Bertz CT molecular complexity index is 1600. The summed E-state index contributed by atoms with van der Waals surface area (Å²) in [4.78, 5) is 38.0. The van der Waals surface area contributed by atoms with E-state index in [1.165, 1.54) is 19.3 Å². The molecule has 0 bridgehead atoms. The molecule has 66 heavy (non-hydrogen) atoms. The van der Waals surface area contributed by atoms with E-state index in [0.717, 1.165) is 96.3 Å². The van der Waals surface area contributed by atoms with Gasteiger partial charge in [0.25, 0.3) is 0 Å². The quantitative estimate of drug-likeness (QED) is 0.0263. The largest absolute Gasteiger partial charge is 0.462 e. The van der Waals surface area contributed by atoms with Crippen molar-refractivity contribution in [1.29, 1.82) is 0 Å². The summed E-state index contributed by atoms with van der Waals surface area (Å²) in [7, 11) is 0. The van der Waals surface area contributed by atoms with Crippen LogP contribution in [-0.2, 0) is 28.6 Å². The van der Waals surface area contributed by atoms with Crippen molar-refractivity contribution in [3.05, 3.63) is 170 Å². The number of hydrogen-bond donors (Lipinski definition) is 0. The number of carbonyl (C=O) groups excluding carboxylic acids is 3. The van der Waals surface area contributed by atoms with Gasteiger partial charge in [0, 0.05) is 19.3 Å². The highest BCUT2D eigenvalue weighted by Gasteiger charge is 2.19. The Hall–Kier alpha value is -5.23. The highest BCUT2D eigenvalue weighted by atomic mass is 16.6. The molecule has 0 N–H and O–H groups in total. The molecule has 0 aliphatic rings. The zero-order valence-electron chi connectivity index (χ0n) is 41.4. The van der Waals surface area contributed by atoms with Crippen molar-refractivity contribution in [2.45, 2.75) is 175 Å². The van der Waals surface area contributed by atoms with Crippen LogP contribution in [0.5, 0.6) is 0 Å². The summed E-state index contributed by atoms with van der Waals surface area (Å²) in [5, 5.41) is 0. The maximum absolute atomic E-state index is 12.8. The van der Waals surface area contributed by atoms with E-state index >= 15 is 0 Å². The summed E-state index contributed by atoms with van der Waals surface area (Å²) < 4.78 is 16.7. The van der Waals surface area contributed by atoms with Gasteiger partial charge in [0.2, 0.25) is 0 Å². The minimum atomic E-state index is -0.837. The van der Waals surface area contributed by atoms with Crippen LogP contribution in [0.15, 0.2) is 170 Å². The molecule has 0 fully saturated rings. The van der Waals surface area contributed by atoms with Gasteiger partial charge in [0.1, 0.15) is 13.2 Å². The Labute approximate surface area is 402 Å². The number of esters is 3. The van der Waals surface area contributed by atoms with Gasteiger partial charge in [-0.05, 0) is 83.5 Å². The number of rotatable bonds is 42. The standard InChI is InChI=1S/C60H88O6/c1-4-7-10-13-16-19-22-25-27-29-31-32-35-38-41-44-47-50-53-59(62)65-56-57(55-64-58(61)52-49-46-43-40-37-34-24-21-18-15-12-9-6-3)66-60(63)54-51-48-45-42-39-36-33-30-28-26-23-20-17-14-11-8-5-2/h8-9,11-12,14-34,36-37,39,57H,4-7,10,13,35,38,40-56H2,1-3H3/b11-8-,12-9-,17-14-,18-15-,19-16-,23-20-,24-21-,25-22-,28-26-,29-27-,32-31-,33-30+,37-34-,39-36-. The van der Waals surface area contributed by atoms with Gasteiger partial charge in [0.05, 0.1) is 0 Å². The molecule has 0 aromatic carbocycles. The molecule has 0 radical (unpaired) electrons. The molecule has 0 aliphatic carbocycles. The molecular formula is C60H88O6. The van der Waals surface area contributed by atoms with E-state index in [2.05, 4.69) is 93.7 Å². The molecule has 6 nitrogen and oxygen atoms in total. The van der Waals surface area contributed by atoms with E-state index in [-0.39, 0.29) is 44.0 Å². The highest BCUT2D eigenvalue weighted by Crippen LogP contribution is 2.11. The number of allylic oxidation sites excluding steroid dienone is 28. The second kappa shape index (κ2) is 52.4. The Balaban J connectivity index is 4.64. The van der Waals surface area contributed by atoms with Gasteiger partial charge in [-0.2, -0.15) is 0 Å². The van der Waals surface area contributed by atoms with Crippen LogP contribution in [0.2, 0.25) is 0 Å². The molecule has 0 aromatic heterocycles. The average molecular weight is 905 g/mol. The second-order valence-corrected chi connectivity index (χ2v) is 15.9. The van der Waals surface area contributed by atoms with Gasteiger partial charge >= 0.3 is 17.9 Å². The zero-order valence-corrected chi connectivity index (χ0v) is 41.4. The summed E-state index contributed by atoms with van der Waals surface area (Å²) in [5.41, 5.74) is 0. The molecule has 0 rings (SSSR count). The molecule has 6 heteroatoms. The molecule has 0 aromatic rings. The van der Waals surface area contributed by atoms with Gasteiger partial charge in [-0.25, -0.2) is 0 Å². The first kappa shape index (κ1) is 60.8. The third-order valence-electron chi connectivity index (χ3n) is 9.79. The lowest BCUT2D eigenvalue weighted by Gasteiger charge is -2.18. The smallest absolute Gasteiger partial charge is 0.306 e. The predicted molar refractivity (Wildman–Crippen MR) is 283 cm³/mol. The number of unbranched alkanes of at least 4 members (excludes halogenated alkanes) is 14. The lowest BCUT2D eigenvalue weighted by Crippen LogP contribution is -2.30. The SMILES string of the molecule is CC\C=C/C=C\C=C/C=C\C=C\C=C/CCCCCC(=O)OC(COC(=O)CCCCC\C=C/C=C\C=C/C=C\CC)COC(=O)CCCCCCC\C=C/C=C\C=C/C=C\CCCCC. The van der Waals surface area contributed by atoms with Crippen LogP contribution in [0, 0.1) is 0 Å². The zero-order chi connectivity index (χ0) is 47.9. The van der Waals surface area contributed by atoms with Crippen LogP contribution >= 0.6 is 0 Å². The van der Waals surface area contributed by atoms with Gasteiger partial charge in [-0.3, -0.25) is 14.4 Å². The van der Waals surface area contributed by atoms with E-state index in [4.69, 9.17) is 14.2 Å². The van der Waals surface area contributed by atoms with E-state index < -0.39 is 6.10 Å². The van der Waals surface area contributed by atoms with Gasteiger partial charge < -0.3 is 14.2 Å². The van der Waals surface area contributed by atoms with Crippen molar-refractivity contribution in [3.63, 3.8) is 0 Å². The maximum atomic E-state index is 12.8. The molecule has 0 heterocycles. The van der Waals surface area contributed by atoms with Crippen LogP contribution in [-0.4, -0.2) is 37.2 Å². The third kappa shape index (κ3) is 49.8. The molecule has 0 aliphatic heterocycles. The van der Waals surface area contributed by atoms with Gasteiger partial charge in [0.15, 0.2) is 6.10 Å². The van der Waals surface area contributed by atoms with Crippen molar-refractivity contribution < 1.29 is 28.6 Å². The molecule has 364 valence electrons. The maximum Gasteiger partial charge on any atom is 0.306 e. The third-order valence-corrected chi connectivity index (χ3v) is 9.79. The van der Waals surface area contributed by atoms with E-state index in [0.29, 0.717) is 19.3 Å². The Kier molecular flexibility index (Phi) is 48.2. The molecule has 0 amide bonds. The summed E-state index contributed by atoms with van der Waals surface area (Å²) in [6.07, 6.45) is 77.5. The molecule has 0 spiro atoms. The number of carbonyl (C=O) groups is 3. The minimum absolute atomic E-state index is 0.131. The highest BCUT2D eigenvalue weighted by molar-refractivity contribution is 5.71. The van der Waals surface area contributed by atoms with Crippen molar-refractivity contribution >= 4 is 17.9 Å². The Morgan fingerprint density at radius 3 is 0.939 bits per heavy atom. The first-order valence-electron chi connectivity index (χ1n) is 25.3. The first-order valence-corrected chi connectivity index (χ1v) is 25.3. The van der Waals surface area contributed by atoms with Crippen molar-refractivity contribution in [1.82, 2.24) is 0 Å². The summed E-state index contributed by atoms with van der Waals surface area (Å²) in [5.74, 6) is -1.05. The lowest BCUT2D eigenvalue weighted by molar-refractivity contribution is -0.167. The molecule has 0 saturated heterocycles. The van der Waals surface area contributed by atoms with Crippen LogP contribution < -0.4 is 0 Å². The second-order valence-electron chi connectivity index (χ2n) is 15.9.